The Balaban J connectivity index is 1.47. The van der Waals surface area contributed by atoms with E-state index < -0.39 is 34.9 Å². The number of H-pyrrole nitrogens is 2. The van der Waals surface area contributed by atoms with Crippen LogP contribution in [0.2, 0.25) is 0 Å². The van der Waals surface area contributed by atoms with Crippen LogP contribution in [0.15, 0.2) is 46.2 Å². The number of nitrogens with zero attached hydrogens (tertiary/aromatic N) is 6. The van der Waals surface area contributed by atoms with E-state index in [0.29, 0.717) is 21.5 Å². The standard InChI is InChI=1S/C16H12F6N8O2/c17-15(18,19)9-7-13(31)29(23-9)11-1-3-27(25-11)5-6-28-4-2-12(26-28)30-14(32)8-10(24-30)16(20,21)22/h1-4,7-8,23-24H,5-6H2. The van der Waals surface area contributed by atoms with Gasteiger partial charge >= 0.3 is 12.4 Å². The molecule has 4 aromatic rings. The number of aromatic amines is 2. The van der Waals surface area contributed by atoms with E-state index >= 15 is 0 Å². The quantitative estimate of drug-likeness (QED) is 0.441. The van der Waals surface area contributed by atoms with Crippen LogP contribution in [-0.2, 0) is 25.4 Å². The molecule has 170 valence electrons. The van der Waals surface area contributed by atoms with E-state index in [1.807, 2.05) is 10.2 Å². The Hall–Kier alpha value is -3.98. The van der Waals surface area contributed by atoms with Crippen molar-refractivity contribution in [3.05, 3.63) is 68.8 Å². The number of halogens is 6. The van der Waals surface area contributed by atoms with Gasteiger partial charge in [-0.2, -0.15) is 45.9 Å². The predicted molar refractivity (Wildman–Crippen MR) is 94.4 cm³/mol. The summed E-state index contributed by atoms with van der Waals surface area (Å²) in [6.07, 6.45) is -6.59. The van der Waals surface area contributed by atoms with E-state index in [4.69, 9.17) is 0 Å². The molecule has 4 rings (SSSR count). The first-order valence-corrected chi connectivity index (χ1v) is 8.78. The largest absolute Gasteiger partial charge is 0.432 e. The first-order valence-electron chi connectivity index (χ1n) is 8.78. The average molecular weight is 462 g/mol. The summed E-state index contributed by atoms with van der Waals surface area (Å²) in [4.78, 5) is 23.5. The Morgan fingerprint density at radius 2 is 1.09 bits per heavy atom. The third-order valence-electron chi connectivity index (χ3n) is 4.32. The van der Waals surface area contributed by atoms with Crippen LogP contribution in [0.5, 0.6) is 0 Å². The van der Waals surface area contributed by atoms with E-state index in [1.54, 1.807) is 0 Å². The molecule has 0 amide bonds. The van der Waals surface area contributed by atoms with Gasteiger partial charge in [-0.15, -0.1) is 0 Å². The molecule has 0 radical (unpaired) electrons. The lowest BCUT2D eigenvalue weighted by Crippen LogP contribution is -2.16. The highest BCUT2D eigenvalue weighted by Gasteiger charge is 2.34. The molecular formula is C16H12F6N8O2. The fourth-order valence-electron chi connectivity index (χ4n) is 2.82. The minimum Gasteiger partial charge on any atom is -0.285 e. The molecule has 0 saturated heterocycles. The van der Waals surface area contributed by atoms with E-state index in [1.165, 1.54) is 33.9 Å². The molecule has 0 aromatic carbocycles. The summed E-state index contributed by atoms with van der Waals surface area (Å²) < 4.78 is 80.3. The fraction of sp³-hybridized carbons (Fsp3) is 0.250. The Bertz CT molecular complexity index is 1260. The molecule has 16 heteroatoms. The van der Waals surface area contributed by atoms with Gasteiger partial charge in [-0.25, -0.2) is 0 Å². The van der Waals surface area contributed by atoms with Gasteiger partial charge in [0, 0.05) is 36.7 Å². The van der Waals surface area contributed by atoms with Crippen molar-refractivity contribution in [3.8, 4) is 11.6 Å². The number of rotatable bonds is 5. The molecule has 0 aliphatic rings. The predicted octanol–water partition coefficient (Wildman–Crippen LogP) is 1.78. The van der Waals surface area contributed by atoms with Crippen molar-refractivity contribution in [3.63, 3.8) is 0 Å². The molecule has 0 aliphatic carbocycles. The molecule has 2 N–H and O–H groups in total. The van der Waals surface area contributed by atoms with Crippen molar-refractivity contribution in [1.29, 1.82) is 0 Å². The normalized spacial score (nSPS) is 12.6. The van der Waals surface area contributed by atoms with Gasteiger partial charge in [0.05, 0.1) is 13.1 Å². The van der Waals surface area contributed by atoms with Crippen LogP contribution < -0.4 is 11.1 Å². The maximum absolute atomic E-state index is 12.7. The lowest BCUT2D eigenvalue weighted by Gasteiger charge is -2.04. The summed E-state index contributed by atoms with van der Waals surface area (Å²) >= 11 is 0. The van der Waals surface area contributed by atoms with Gasteiger partial charge in [0.25, 0.3) is 11.1 Å². The molecule has 4 heterocycles. The molecule has 0 aliphatic heterocycles. The zero-order valence-corrected chi connectivity index (χ0v) is 15.6. The van der Waals surface area contributed by atoms with Gasteiger partial charge in [-0.05, 0) is 0 Å². The maximum Gasteiger partial charge on any atom is 0.432 e. The lowest BCUT2D eigenvalue weighted by molar-refractivity contribution is -0.142. The van der Waals surface area contributed by atoms with Crippen molar-refractivity contribution in [1.82, 2.24) is 39.1 Å². The summed E-state index contributed by atoms with van der Waals surface area (Å²) in [6.45, 7) is 0.326. The summed E-state index contributed by atoms with van der Waals surface area (Å²) in [6, 6.07) is 3.47. The van der Waals surface area contributed by atoms with Crippen molar-refractivity contribution in [2.75, 3.05) is 0 Å². The first-order chi connectivity index (χ1) is 14.9. The number of alkyl halides is 6. The third kappa shape index (κ3) is 4.10. The van der Waals surface area contributed by atoms with Crippen LogP contribution in [0, 0.1) is 0 Å². The van der Waals surface area contributed by atoms with E-state index in [2.05, 4.69) is 10.2 Å². The molecule has 0 bridgehead atoms. The minimum atomic E-state index is -4.72. The number of hydrogen-bond donors (Lipinski definition) is 2. The SMILES string of the molecule is O=c1cc(C(F)(F)F)[nH]n1-c1ccn(CCn2ccc(-n3[nH]c(C(F)(F)F)cc3=O)n2)n1. The zero-order chi connectivity index (χ0) is 23.3. The Morgan fingerprint density at radius 1 is 0.719 bits per heavy atom. The second-order valence-electron chi connectivity index (χ2n) is 6.56. The Morgan fingerprint density at radius 3 is 1.41 bits per heavy atom. The number of aromatic nitrogens is 8. The van der Waals surface area contributed by atoms with Crippen LogP contribution in [0.25, 0.3) is 11.6 Å². The van der Waals surface area contributed by atoms with E-state index in [-0.39, 0.29) is 24.7 Å². The molecule has 0 fully saturated rings. The third-order valence-corrected chi connectivity index (χ3v) is 4.32. The topological polar surface area (TPSA) is 111 Å². The molecule has 32 heavy (non-hydrogen) atoms. The highest BCUT2D eigenvalue weighted by molar-refractivity contribution is 5.21. The van der Waals surface area contributed by atoms with Crippen molar-refractivity contribution in [2.45, 2.75) is 25.4 Å². The molecule has 0 atom stereocenters. The van der Waals surface area contributed by atoms with Crippen molar-refractivity contribution in [2.24, 2.45) is 0 Å². The van der Waals surface area contributed by atoms with Crippen LogP contribution in [-0.4, -0.2) is 39.1 Å². The van der Waals surface area contributed by atoms with Gasteiger partial charge in [-0.3, -0.25) is 29.2 Å². The molecular weight excluding hydrogens is 450 g/mol. The highest BCUT2D eigenvalue weighted by Crippen LogP contribution is 2.27. The maximum atomic E-state index is 12.7. The zero-order valence-electron chi connectivity index (χ0n) is 15.6. The first kappa shape index (κ1) is 21.3. The monoisotopic (exact) mass is 462 g/mol. The summed E-state index contributed by atoms with van der Waals surface area (Å²) in [5.74, 6) is -0.131. The highest BCUT2D eigenvalue weighted by atomic mass is 19.4. The Kier molecular flexibility index (Phi) is 4.86. The number of hydrogen-bond acceptors (Lipinski definition) is 4. The number of aryl methyl sites for hydroxylation is 2. The molecule has 10 nitrogen and oxygen atoms in total. The fourth-order valence-corrected chi connectivity index (χ4v) is 2.82. The molecule has 0 saturated carbocycles. The van der Waals surface area contributed by atoms with Gasteiger partial charge in [0.15, 0.2) is 11.6 Å². The van der Waals surface area contributed by atoms with E-state index in [9.17, 15) is 35.9 Å². The van der Waals surface area contributed by atoms with Gasteiger partial charge in [-0.1, -0.05) is 0 Å². The van der Waals surface area contributed by atoms with Crippen LogP contribution in [0.1, 0.15) is 11.4 Å². The summed E-state index contributed by atoms with van der Waals surface area (Å²) in [5, 5.41) is 11.9. The second kappa shape index (κ2) is 7.31. The Labute approximate surface area is 172 Å². The molecule has 0 unspecified atom stereocenters. The van der Waals surface area contributed by atoms with Crippen LogP contribution in [0.3, 0.4) is 0 Å². The average Bonchev–Trinajstić information content (AvgIpc) is 3.44. The number of nitrogens with one attached hydrogen (secondary N) is 2. The molecule has 4 aromatic heterocycles. The van der Waals surface area contributed by atoms with Gasteiger partial charge in [0.1, 0.15) is 11.4 Å². The van der Waals surface area contributed by atoms with Gasteiger partial charge in [0.2, 0.25) is 0 Å². The van der Waals surface area contributed by atoms with Gasteiger partial charge < -0.3 is 0 Å². The van der Waals surface area contributed by atoms with Crippen molar-refractivity contribution >= 4 is 0 Å². The summed E-state index contributed by atoms with van der Waals surface area (Å²) in [7, 11) is 0. The lowest BCUT2D eigenvalue weighted by atomic mass is 10.4. The molecule has 0 spiro atoms. The van der Waals surface area contributed by atoms with E-state index in [0.717, 1.165) is 0 Å². The summed E-state index contributed by atoms with van der Waals surface area (Å²) in [5.41, 5.74) is -4.30. The van der Waals surface area contributed by atoms with Crippen LogP contribution in [0.4, 0.5) is 26.3 Å². The second-order valence-corrected chi connectivity index (χ2v) is 6.56. The van der Waals surface area contributed by atoms with Crippen LogP contribution >= 0.6 is 0 Å². The minimum absolute atomic E-state index is 0.0655. The van der Waals surface area contributed by atoms with Crippen molar-refractivity contribution < 1.29 is 26.3 Å². The smallest absolute Gasteiger partial charge is 0.285 e.